The molecule has 1 N–H and O–H groups in total. The van der Waals surface area contributed by atoms with Crippen molar-refractivity contribution in [3.8, 4) is 5.69 Å². The summed E-state index contributed by atoms with van der Waals surface area (Å²) in [6, 6.07) is 8.98. The van der Waals surface area contributed by atoms with Gasteiger partial charge in [-0.2, -0.15) is 0 Å². The second-order valence-corrected chi connectivity index (χ2v) is 4.75. The highest BCUT2D eigenvalue weighted by Crippen LogP contribution is 2.12. The van der Waals surface area contributed by atoms with Gasteiger partial charge in [0.05, 0.1) is 12.1 Å². The molecular weight excluding hydrogens is 272 g/mol. The van der Waals surface area contributed by atoms with E-state index in [0.717, 1.165) is 0 Å². The first-order chi connectivity index (χ1) is 9.93. The summed E-state index contributed by atoms with van der Waals surface area (Å²) in [4.78, 5) is 35.1. The first-order valence-electron chi connectivity index (χ1n) is 6.52. The average Bonchev–Trinajstić information content (AvgIpc) is 2.68. The van der Waals surface area contributed by atoms with Crippen LogP contribution in [0, 0.1) is 6.92 Å². The molecule has 110 valence electrons. The Hall–Kier alpha value is -2.63. The van der Waals surface area contributed by atoms with E-state index in [4.69, 9.17) is 5.11 Å². The van der Waals surface area contributed by atoms with Crippen molar-refractivity contribution < 1.29 is 14.7 Å². The van der Waals surface area contributed by atoms with Gasteiger partial charge in [-0.1, -0.05) is 18.2 Å². The fourth-order valence-corrected chi connectivity index (χ4v) is 2.23. The minimum Gasteiger partial charge on any atom is -0.481 e. The molecule has 0 radical (unpaired) electrons. The summed E-state index contributed by atoms with van der Waals surface area (Å²) in [5.41, 5.74) is 0.823. The molecule has 21 heavy (non-hydrogen) atoms. The van der Waals surface area contributed by atoms with Crippen molar-refractivity contribution >= 4 is 11.8 Å². The molecule has 0 saturated carbocycles. The maximum atomic E-state index is 12.5. The van der Waals surface area contributed by atoms with E-state index in [-0.39, 0.29) is 18.4 Å². The summed E-state index contributed by atoms with van der Waals surface area (Å²) < 4.78 is 3.01. The molecule has 6 nitrogen and oxygen atoms in total. The summed E-state index contributed by atoms with van der Waals surface area (Å²) in [6.45, 7) is 1.68. The average molecular weight is 288 g/mol. The van der Waals surface area contributed by atoms with Gasteiger partial charge in [-0.3, -0.25) is 19.1 Å². The van der Waals surface area contributed by atoms with Crippen LogP contribution in [0.4, 0.5) is 0 Å². The van der Waals surface area contributed by atoms with Crippen LogP contribution in [0.15, 0.2) is 35.1 Å². The van der Waals surface area contributed by atoms with Gasteiger partial charge in [-0.15, -0.1) is 0 Å². The van der Waals surface area contributed by atoms with Crippen LogP contribution in [0.1, 0.15) is 28.9 Å². The van der Waals surface area contributed by atoms with E-state index >= 15 is 0 Å². The predicted molar refractivity (Wildman–Crippen MR) is 76.9 cm³/mol. The molecule has 0 atom stereocenters. The lowest BCUT2D eigenvalue weighted by Gasteiger charge is -2.07. The monoisotopic (exact) mass is 288 g/mol. The Morgan fingerprint density at radius 3 is 2.33 bits per heavy atom. The zero-order chi connectivity index (χ0) is 15.6. The lowest BCUT2D eigenvalue weighted by Crippen LogP contribution is -2.22. The molecule has 0 saturated heterocycles. The molecule has 0 aliphatic carbocycles. The number of aliphatic carboxylic acids is 1. The molecule has 0 bridgehead atoms. The van der Waals surface area contributed by atoms with Gasteiger partial charge >= 0.3 is 5.97 Å². The van der Waals surface area contributed by atoms with E-state index < -0.39 is 17.3 Å². The summed E-state index contributed by atoms with van der Waals surface area (Å²) in [5, 5.41) is 8.64. The first-order valence-corrected chi connectivity index (χ1v) is 6.52. The molecule has 0 unspecified atom stereocenters. The molecule has 0 aliphatic rings. The van der Waals surface area contributed by atoms with Crippen molar-refractivity contribution in [1.82, 2.24) is 9.36 Å². The van der Waals surface area contributed by atoms with Crippen molar-refractivity contribution in [1.29, 1.82) is 0 Å². The Kier molecular flexibility index (Phi) is 4.07. The normalized spacial score (nSPS) is 10.6. The molecule has 2 aromatic rings. The predicted octanol–water partition coefficient (Wildman–Crippen LogP) is 1.53. The van der Waals surface area contributed by atoms with Crippen molar-refractivity contribution in [3.05, 3.63) is 51.9 Å². The largest absolute Gasteiger partial charge is 0.481 e. The molecule has 1 aromatic heterocycles. The fraction of sp³-hybridized carbons (Fsp3) is 0.267. The van der Waals surface area contributed by atoms with Crippen LogP contribution in [0.3, 0.4) is 0 Å². The van der Waals surface area contributed by atoms with Gasteiger partial charge in [-0.25, -0.2) is 4.68 Å². The van der Waals surface area contributed by atoms with Crippen LogP contribution >= 0.6 is 0 Å². The van der Waals surface area contributed by atoms with Crippen LogP contribution in [-0.2, 0) is 11.8 Å². The van der Waals surface area contributed by atoms with Gasteiger partial charge < -0.3 is 5.11 Å². The third-order valence-electron chi connectivity index (χ3n) is 3.40. The number of carbonyl (C=O) groups is 2. The van der Waals surface area contributed by atoms with Gasteiger partial charge in [0, 0.05) is 19.2 Å². The number of ketones is 1. The standard InChI is InChI=1S/C15H16N2O4/c1-10-14(12(18)8-9-13(19)20)15(21)17(16(10)2)11-6-4-3-5-7-11/h3-7H,8-9H2,1-2H3,(H,19,20). The van der Waals surface area contributed by atoms with Crippen LogP contribution in [0.5, 0.6) is 0 Å². The van der Waals surface area contributed by atoms with E-state index in [1.54, 1.807) is 42.9 Å². The molecule has 0 fully saturated rings. The van der Waals surface area contributed by atoms with Crippen LogP contribution < -0.4 is 5.56 Å². The quantitative estimate of drug-likeness (QED) is 0.846. The molecule has 1 heterocycles. The number of rotatable bonds is 5. The van der Waals surface area contributed by atoms with Gasteiger partial charge in [0.2, 0.25) is 0 Å². The van der Waals surface area contributed by atoms with Crippen molar-refractivity contribution in [2.75, 3.05) is 0 Å². The number of aromatic nitrogens is 2. The minimum atomic E-state index is -1.06. The van der Waals surface area contributed by atoms with E-state index in [2.05, 4.69) is 0 Å². The van der Waals surface area contributed by atoms with Crippen LogP contribution in [0.2, 0.25) is 0 Å². The fourth-order valence-electron chi connectivity index (χ4n) is 2.23. The second kappa shape index (κ2) is 5.78. The number of nitrogens with zero attached hydrogens (tertiary/aromatic N) is 2. The summed E-state index contributed by atoms with van der Waals surface area (Å²) in [5.74, 6) is -1.49. The van der Waals surface area contributed by atoms with E-state index in [0.29, 0.717) is 11.4 Å². The number of Topliss-reactive ketones (excluding diaryl/α,β-unsaturated/α-hetero) is 1. The number of hydrogen-bond donors (Lipinski definition) is 1. The molecule has 2 rings (SSSR count). The minimum absolute atomic E-state index is 0.0580. The second-order valence-electron chi connectivity index (χ2n) is 4.75. The zero-order valence-corrected chi connectivity index (χ0v) is 11.9. The molecule has 6 heteroatoms. The lowest BCUT2D eigenvalue weighted by molar-refractivity contribution is -0.136. The lowest BCUT2D eigenvalue weighted by atomic mass is 10.1. The number of para-hydroxylation sites is 1. The summed E-state index contributed by atoms with van der Waals surface area (Å²) >= 11 is 0. The maximum absolute atomic E-state index is 12.5. The van der Waals surface area contributed by atoms with Gasteiger partial charge in [0.15, 0.2) is 5.78 Å². The number of carboxylic acid groups (broad SMARTS) is 1. The first kappa shape index (κ1) is 14.8. The Labute approximate surface area is 121 Å². The molecule has 0 aliphatic heterocycles. The van der Waals surface area contributed by atoms with Crippen LogP contribution in [0.25, 0.3) is 5.69 Å². The number of carbonyl (C=O) groups excluding carboxylic acids is 1. The highest BCUT2D eigenvalue weighted by molar-refractivity contribution is 5.98. The van der Waals surface area contributed by atoms with Gasteiger partial charge in [0.1, 0.15) is 5.56 Å². The molecule has 1 aromatic carbocycles. The molecule has 0 spiro atoms. The van der Waals surface area contributed by atoms with Gasteiger partial charge in [-0.05, 0) is 19.1 Å². The zero-order valence-electron chi connectivity index (χ0n) is 11.9. The van der Waals surface area contributed by atoms with E-state index in [1.165, 1.54) is 4.68 Å². The molecule has 0 amide bonds. The third kappa shape index (κ3) is 2.79. The Bertz CT molecular complexity index is 741. The number of hydrogen-bond acceptors (Lipinski definition) is 3. The SMILES string of the molecule is Cc1c(C(=O)CCC(=O)O)c(=O)n(-c2ccccc2)n1C. The smallest absolute Gasteiger partial charge is 0.303 e. The Morgan fingerprint density at radius 1 is 1.14 bits per heavy atom. The molecular formula is C15H16N2O4. The summed E-state index contributed by atoms with van der Waals surface area (Å²) in [6.07, 6.45) is -0.456. The van der Waals surface area contributed by atoms with Crippen molar-refractivity contribution in [3.63, 3.8) is 0 Å². The van der Waals surface area contributed by atoms with E-state index in [1.807, 2.05) is 6.07 Å². The maximum Gasteiger partial charge on any atom is 0.303 e. The highest BCUT2D eigenvalue weighted by Gasteiger charge is 2.22. The Morgan fingerprint density at radius 2 is 1.76 bits per heavy atom. The summed E-state index contributed by atoms with van der Waals surface area (Å²) in [7, 11) is 1.69. The van der Waals surface area contributed by atoms with Gasteiger partial charge in [0.25, 0.3) is 5.56 Å². The van der Waals surface area contributed by atoms with Crippen molar-refractivity contribution in [2.24, 2.45) is 7.05 Å². The number of benzene rings is 1. The number of carboxylic acids is 1. The van der Waals surface area contributed by atoms with Crippen molar-refractivity contribution in [2.45, 2.75) is 19.8 Å². The Balaban J connectivity index is 2.49. The highest BCUT2D eigenvalue weighted by atomic mass is 16.4. The van der Waals surface area contributed by atoms with Crippen LogP contribution in [-0.4, -0.2) is 26.2 Å². The topological polar surface area (TPSA) is 81.3 Å². The third-order valence-corrected chi connectivity index (χ3v) is 3.40. The van der Waals surface area contributed by atoms with E-state index in [9.17, 15) is 14.4 Å².